The number of hydrogen-bond donors (Lipinski definition) is 0. The fourth-order valence-corrected chi connectivity index (χ4v) is 4.68. The predicted molar refractivity (Wildman–Crippen MR) is 115 cm³/mol. The third-order valence-electron chi connectivity index (χ3n) is 6.67. The number of rotatable bonds is 6. The Morgan fingerprint density at radius 2 is 2.03 bits per heavy atom. The Hall–Kier alpha value is -2.18. The van der Waals surface area contributed by atoms with Crippen LogP contribution in [0.4, 0.5) is 0 Å². The summed E-state index contributed by atoms with van der Waals surface area (Å²) in [6, 6.07) is 12.2. The van der Waals surface area contributed by atoms with Gasteiger partial charge in [-0.05, 0) is 56.6 Å². The van der Waals surface area contributed by atoms with Gasteiger partial charge in [0.05, 0.1) is 12.2 Å². The Labute approximate surface area is 179 Å². The van der Waals surface area contributed by atoms with Crippen molar-refractivity contribution in [1.29, 1.82) is 0 Å². The van der Waals surface area contributed by atoms with Crippen molar-refractivity contribution in [3.05, 3.63) is 53.3 Å². The van der Waals surface area contributed by atoms with Gasteiger partial charge in [-0.15, -0.1) is 0 Å². The SMILES string of the molecule is Cc1cc(C(=O)N2CCC3(CC2)CC(CCOCc2ccccc2)CCO3)nn1C. The number of aryl methyl sites for hydroxylation is 2. The maximum absolute atomic E-state index is 12.8. The summed E-state index contributed by atoms with van der Waals surface area (Å²) in [5.41, 5.74) is 2.70. The van der Waals surface area contributed by atoms with E-state index >= 15 is 0 Å². The van der Waals surface area contributed by atoms with Crippen LogP contribution in [0.3, 0.4) is 0 Å². The second-order valence-electron chi connectivity index (χ2n) is 8.80. The monoisotopic (exact) mass is 411 g/mol. The molecular weight excluding hydrogens is 378 g/mol. The lowest BCUT2D eigenvalue weighted by Gasteiger charge is -2.46. The molecule has 1 amide bonds. The molecule has 1 spiro atoms. The van der Waals surface area contributed by atoms with Gasteiger partial charge >= 0.3 is 0 Å². The molecule has 3 heterocycles. The molecule has 1 atom stereocenters. The molecule has 6 nitrogen and oxygen atoms in total. The smallest absolute Gasteiger partial charge is 0.274 e. The third-order valence-corrected chi connectivity index (χ3v) is 6.67. The number of hydrogen-bond acceptors (Lipinski definition) is 4. The zero-order valence-electron chi connectivity index (χ0n) is 18.2. The van der Waals surface area contributed by atoms with E-state index in [4.69, 9.17) is 9.47 Å². The largest absolute Gasteiger partial charge is 0.377 e. The van der Waals surface area contributed by atoms with Crippen LogP contribution < -0.4 is 0 Å². The van der Waals surface area contributed by atoms with Crippen LogP contribution in [0.25, 0.3) is 0 Å². The molecule has 0 radical (unpaired) electrons. The minimum atomic E-state index is -0.0703. The molecule has 162 valence electrons. The van der Waals surface area contributed by atoms with E-state index in [0.717, 1.165) is 64.1 Å². The van der Waals surface area contributed by atoms with E-state index in [1.165, 1.54) is 5.56 Å². The van der Waals surface area contributed by atoms with Gasteiger partial charge in [-0.1, -0.05) is 30.3 Å². The summed E-state index contributed by atoms with van der Waals surface area (Å²) in [6.45, 7) is 5.74. The van der Waals surface area contributed by atoms with Crippen LogP contribution >= 0.6 is 0 Å². The van der Waals surface area contributed by atoms with E-state index in [1.54, 1.807) is 4.68 Å². The fourth-order valence-electron chi connectivity index (χ4n) is 4.68. The molecule has 1 aromatic heterocycles. The first-order valence-corrected chi connectivity index (χ1v) is 11.1. The number of piperidine rings is 1. The van der Waals surface area contributed by atoms with Crippen LogP contribution in [-0.4, -0.2) is 52.5 Å². The molecular formula is C24H33N3O3. The summed E-state index contributed by atoms with van der Waals surface area (Å²) >= 11 is 0. The van der Waals surface area contributed by atoms with Crippen molar-refractivity contribution >= 4 is 5.91 Å². The zero-order chi connectivity index (χ0) is 21.0. The van der Waals surface area contributed by atoms with Gasteiger partial charge in [0.15, 0.2) is 5.69 Å². The van der Waals surface area contributed by atoms with Gasteiger partial charge in [0.1, 0.15) is 0 Å². The van der Waals surface area contributed by atoms with E-state index in [2.05, 4.69) is 17.2 Å². The van der Waals surface area contributed by atoms with Crippen LogP contribution in [0.2, 0.25) is 0 Å². The van der Waals surface area contributed by atoms with Crippen LogP contribution in [0.5, 0.6) is 0 Å². The first kappa shape index (κ1) is 21.1. The fraction of sp³-hybridized carbons (Fsp3) is 0.583. The average Bonchev–Trinajstić information content (AvgIpc) is 3.11. The highest BCUT2D eigenvalue weighted by atomic mass is 16.5. The van der Waals surface area contributed by atoms with Gasteiger partial charge in [-0.2, -0.15) is 5.10 Å². The van der Waals surface area contributed by atoms with Crippen LogP contribution in [-0.2, 0) is 23.1 Å². The molecule has 2 aliphatic heterocycles. The standard InChI is InChI=1S/C24H33N3O3/c1-19-16-22(25-26(19)2)23(28)27-12-10-24(11-13-27)17-20(9-15-30-24)8-14-29-18-21-6-4-3-5-7-21/h3-7,16,20H,8-15,17-18H2,1-2H3. The average molecular weight is 412 g/mol. The zero-order valence-corrected chi connectivity index (χ0v) is 18.2. The Bertz CT molecular complexity index is 821. The molecule has 30 heavy (non-hydrogen) atoms. The topological polar surface area (TPSA) is 56.6 Å². The number of aromatic nitrogens is 2. The molecule has 2 aliphatic rings. The molecule has 0 aliphatic carbocycles. The minimum absolute atomic E-state index is 0.0372. The number of amides is 1. The first-order valence-electron chi connectivity index (χ1n) is 11.1. The molecule has 2 fully saturated rings. The number of ether oxygens (including phenoxy) is 2. The molecule has 1 unspecified atom stereocenters. The number of carbonyl (C=O) groups excluding carboxylic acids is 1. The van der Waals surface area contributed by atoms with Crippen molar-refractivity contribution < 1.29 is 14.3 Å². The number of carbonyl (C=O) groups is 1. The van der Waals surface area contributed by atoms with Gasteiger partial charge in [0.25, 0.3) is 5.91 Å². The van der Waals surface area contributed by atoms with Gasteiger partial charge < -0.3 is 14.4 Å². The molecule has 2 aromatic rings. The van der Waals surface area contributed by atoms with E-state index in [9.17, 15) is 4.79 Å². The van der Waals surface area contributed by atoms with E-state index in [1.807, 2.05) is 43.1 Å². The first-order chi connectivity index (χ1) is 14.5. The lowest BCUT2D eigenvalue weighted by atomic mass is 9.78. The van der Waals surface area contributed by atoms with Crippen molar-refractivity contribution in [3.63, 3.8) is 0 Å². The third kappa shape index (κ3) is 4.93. The summed E-state index contributed by atoms with van der Waals surface area (Å²) in [5.74, 6) is 0.672. The second-order valence-corrected chi connectivity index (χ2v) is 8.80. The normalized spacial score (nSPS) is 21.1. The highest BCUT2D eigenvalue weighted by Gasteiger charge is 2.41. The highest BCUT2D eigenvalue weighted by Crippen LogP contribution is 2.39. The molecule has 0 N–H and O–H groups in total. The molecule has 6 heteroatoms. The summed E-state index contributed by atoms with van der Waals surface area (Å²) in [6.07, 6.45) is 5.07. The number of likely N-dealkylation sites (tertiary alicyclic amines) is 1. The second kappa shape index (κ2) is 9.31. The Morgan fingerprint density at radius 1 is 1.27 bits per heavy atom. The maximum atomic E-state index is 12.8. The Balaban J connectivity index is 1.23. The quantitative estimate of drug-likeness (QED) is 0.680. The van der Waals surface area contributed by atoms with E-state index in [0.29, 0.717) is 18.2 Å². The minimum Gasteiger partial charge on any atom is -0.377 e. The summed E-state index contributed by atoms with van der Waals surface area (Å²) in [4.78, 5) is 14.7. The van der Waals surface area contributed by atoms with Gasteiger partial charge in [0, 0.05) is 39.0 Å². The van der Waals surface area contributed by atoms with Gasteiger partial charge in [-0.3, -0.25) is 9.48 Å². The van der Waals surface area contributed by atoms with Crippen molar-refractivity contribution in [2.45, 2.75) is 51.2 Å². The predicted octanol–water partition coefficient (Wildman–Crippen LogP) is 3.74. The van der Waals surface area contributed by atoms with Crippen LogP contribution in [0.1, 0.15) is 53.8 Å². The van der Waals surface area contributed by atoms with Crippen molar-refractivity contribution in [1.82, 2.24) is 14.7 Å². The van der Waals surface area contributed by atoms with Crippen LogP contribution in [0.15, 0.2) is 36.4 Å². The summed E-state index contributed by atoms with van der Waals surface area (Å²) < 4.78 is 13.9. The lowest BCUT2D eigenvalue weighted by Crippen LogP contribution is -2.51. The maximum Gasteiger partial charge on any atom is 0.274 e. The molecule has 2 saturated heterocycles. The lowest BCUT2D eigenvalue weighted by molar-refractivity contribution is -0.126. The summed E-state index contributed by atoms with van der Waals surface area (Å²) in [7, 11) is 1.87. The Kier molecular flexibility index (Phi) is 6.54. The van der Waals surface area contributed by atoms with E-state index in [-0.39, 0.29) is 11.5 Å². The number of nitrogens with zero attached hydrogens (tertiary/aromatic N) is 3. The van der Waals surface area contributed by atoms with Crippen molar-refractivity contribution in [2.75, 3.05) is 26.3 Å². The van der Waals surface area contributed by atoms with Crippen molar-refractivity contribution in [3.8, 4) is 0 Å². The van der Waals surface area contributed by atoms with Crippen molar-refractivity contribution in [2.24, 2.45) is 13.0 Å². The molecule has 0 saturated carbocycles. The number of benzene rings is 1. The molecule has 1 aromatic carbocycles. The van der Waals surface area contributed by atoms with E-state index < -0.39 is 0 Å². The molecule has 4 rings (SSSR count). The Morgan fingerprint density at radius 3 is 2.73 bits per heavy atom. The van der Waals surface area contributed by atoms with Crippen LogP contribution in [0, 0.1) is 12.8 Å². The highest BCUT2D eigenvalue weighted by molar-refractivity contribution is 5.92. The summed E-state index contributed by atoms with van der Waals surface area (Å²) in [5, 5.41) is 4.35. The van der Waals surface area contributed by atoms with Gasteiger partial charge in [0.2, 0.25) is 0 Å². The van der Waals surface area contributed by atoms with Gasteiger partial charge in [-0.25, -0.2) is 0 Å². The molecule has 0 bridgehead atoms.